The number of nitro benzene ring substituents is 1. The number of H-pyrrole nitrogens is 1. The molecule has 12 heteroatoms. The van der Waals surface area contributed by atoms with Crippen molar-refractivity contribution in [1.29, 1.82) is 0 Å². The normalized spacial score (nSPS) is 21.8. The number of aromatic nitrogens is 2. The Kier molecular flexibility index (Phi) is 7.73. The van der Waals surface area contributed by atoms with E-state index in [9.17, 15) is 29.9 Å². The number of nitrogens with zero attached hydrogens (tertiary/aromatic N) is 2. The number of aromatic amines is 1. The Bertz CT molecular complexity index is 1140. The zero-order chi connectivity index (χ0) is 24.5. The van der Waals surface area contributed by atoms with Crippen LogP contribution >= 0.6 is 22.6 Å². The molecule has 1 aliphatic heterocycles. The maximum atomic E-state index is 12.4. The molecule has 1 aromatic heterocycles. The van der Waals surface area contributed by atoms with Crippen LogP contribution in [-0.4, -0.2) is 43.5 Å². The third kappa shape index (κ3) is 5.69. The van der Waals surface area contributed by atoms with Crippen molar-refractivity contribution in [3.8, 4) is 0 Å². The molecule has 1 saturated heterocycles. The van der Waals surface area contributed by atoms with Gasteiger partial charge in [0.1, 0.15) is 12.3 Å². The van der Waals surface area contributed by atoms with Crippen molar-refractivity contribution in [2.45, 2.75) is 58.3 Å². The first kappa shape index (κ1) is 25.5. The molecule has 0 radical (unpaired) electrons. The molecule has 33 heavy (non-hydrogen) atoms. The number of benzene rings is 1. The van der Waals surface area contributed by atoms with Gasteiger partial charge in [-0.2, -0.15) is 0 Å². The number of hydrogen-bond donors (Lipinski definition) is 3. The van der Waals surface area contributed by atoms with Crippen molar-refractivity contribution in [3.05, 3.63) is 70.0 Å². The van der Waals surface area contributed by atoms with Gasteiger partial charge >= 0.3 is 5.69 Å². The molecular formula is C21H26IN3O8. The third-order valence-electron chi connectivity index (χ3n) is 5.40. The van der Waals surface area contributed by atoms with Gasteiger partial charge in [0.15, 0.2) is 0 Å². The van der Waals surface area contributed by atoms with Gasteiger partial charge in [0, 0.05) is 22.3 Å². The Balaban J connectivity index is 1.92. The highest BCUT2D eigenvalue weighted by Crippen LogP contribution is 2.41. The number of ether oxygens (including phenoxy) is 2. The maximum absolute atomic E-state index is 12.4. The Hall–Kier alpha value is -2.13. The van der Waals surface area contributed by atoms with Crippen LogP contribution < -0.4 is 11.2 Å². The summed E-state index contributed by atoms with van der Waals surface area (Å²) in [6.45, 7) is 4.97. The van der Waals surface area contributed by atoms with E-state index in [1.807, 2.05) is 43.4 Å². The fourth-order valence-corrected chi connectivity index (χ4v) is 4.24. The average molecular weight is 575 g/mol. The molecule has 1 fully saturated rings. The van der Waals surface area contributed by atoms with E-state index in [-0.39, 0.29) is 24.3 Å². The van der Waals surface area contributed by atoms with Gasteiger partial charge in [0.25, 0.3) is 11.2 Å². The SMILES string of the molecule is CC(C)(C)C(OCc1cn([C@@H]2CC(O)[C@H](CO)O2)c(=O)[nH]c1=O)c1ccc(I)cc1[N+](=O)[O-]. The Morgan fingerprint density at radius 3 is 2.67 bits per heavy atom. The number of nitro groups is 1. The summed E-state index contributed by atoms with van der Waals surface area (Å²) in [6, 6.07) is 4.85. The second-order valence-corrected chi connectivity index (χ2v) is 10.2. The first-order valence-electron chi connectivity index (χ1n) is 10.3. The van der Waals surface area contributed by atoms with Crippen LogP contribution in [0.3, 0.4) is 0 Å². The minimum absolute atomic E-state index is 0.0664. The summed E-state index contributed by atoms with van der Waals surface area (Å²) < 4.78 is 13.4. The second-order valence-electron chi connectivity index (χ2n) is 8.95. The van der Waals surface area contributed by atoms with Crippen LogP contribution in [0.4, 0.5) is 5.69 Å². The Morgan fingerprint density at radius 1 is 1.39 bits per heavy atom. The van der Waals surface area contributed by atoms with E-state index < -0.39 is 52.7 Å². The van der Waals surface area contributed by atoms with Crippen LogP contribution in [0.15, 0.2) is 34.0 Å². The molecule has 2 aromatic rings. The standard InChI is InChI=1S/C21H26IN3O8/c1-21(2,3)18(13-5-4-12(22)6-14(13)25(30)31)32-10-11-8-24(20(29)23-19(11)28)17-7-15(27)16(9-26)33-17/h4-6,8,15-18,26-27H,7,9-10H2,1-3H3,(H,23,28,29)/t15?,16-,17-,18?/m0/s1. The second kappa shape index (κ2) is 10.0. The van der Waals surface area contributed by atoms with E-state index in [0.717, 1.165) is 4.57 Å². The Morgan fingerprint density at radius 2 is 2.09 bits per heavy atom. The quantitative estimate of drug-likeness (QED) is 0.257. The largest absolute Gasteiger partial charge is 0.394 e. The van der Waals surface area contributed by atoms with Crippen LogP contribution in [0, 0.1) is 19.1 Å². The van der Waals surface area contributed by atoms with Gasteiger partial charge in [-0.3, -0.25) is 24.5 Å². The minimum atomic E-state index is -0.953. The van der Waals surface area contributed by atoms with Crippen molar-refractivity contribution in [1.82, 2.24) is 9.55 Å². The van der Waals surface area contributed by atoms with E-state index in [4.69, 9.17) is 9.47 Å². The fraction of sp³-hybridized carbons (Fsp3) is 0.524. The number of aliphatic hydroxyl groups is 2. The number of halogens is 1. The van der Waals surface area contributed by atoms with E-state index in [1.54, 1.807) is 12.1 Å². The predicted octanol–water partition coefficient (Wildman–Crippen LogP) is 1.99. The van der Waals surface area contributed by atoms with Gasteiger partial charge in [-0.25, -0.2) is 4.79 Å². The summed E-state index contributed by atoms with van der Waals surface area (Å²) >= 11 is 2.00. The highest BCUT2D eigenvalue weighted by Gasteiger charge is 2.36. The molecule has 0 spiro atoms. The lowest BCUT2D eigenvalue weighted by molar-refractivity contribution is -0.386. The number of hydrogen-bond acceptors (Lipinski definition) is 8. The molecule has 3 N–H and O–H groups in total. The molecule has 0 aliphatic carbocycles. The lowest BCUT2D eigenvalue weighted by Crippen LogP contribution is -2.35. The van der Waals surface area contributed by atoms with Crippen LogP contribution in [0.25, 0.3) is 0 Å². The summed E-state index contributed by atoms with van der Waals surface area (Å²) in [6.07, 6.45) is -2.02. The van der Waals surface area contributed by atoms with Crippen LogP contribution in [0.2, 0.25) is 0 Å². The smallest absolute Gasteiger partial charge is 0.330 e. The zero-order valence-electron chi connectivity index (χ0n) is 18.4. The molecule has 0 bridgehead atoms. The molecule has 2 unspecified atom stereocenters. The van der Waals surface area contributed by atoms with Crippen molar-refractivity contribution in [3.63, 3.8) is 0 Å². The van der Waals surface area contributed by atoms with E-state index >= 15 is 0 Å². The molecular weight excluding hydrogens is 549 g/mol. The average Bonchev–Trinajstić information content (AvgIpc) is 3.09. The van der Waals surface area contributed by atoms with Gasteiger partial charge in [0.2, 0.25) is 0 Å². The van der Waals surface area contributed by atoms with Gasteiger partial charge in [0.05, 0.1) is 41.5 Å². The van der Waals surface area contributed by atoms with Crippen molar-refractivity contribution < 1.29 is 24.6 Å². The van der Waals surface area contributed by atoms with Gasteiger partial charge in [-0.15, -0.1) is 0 Å². The van der Waals surface area contributed by atoms with Gasteiger partial charge in [-0.05, 0) is 40.1 Å². The molecule has 180 valence electrons. The molecule has 0 saturated carbocycles. The number of nitrogens with one attached hydrogen (secondary N) is 1. The Labute approximate surface area is 202 Å². The van der Waals surface area contributed by atoms with Crippen molar-refractivity contribution in [2.75, 3.05) is 6.61 Å². The number of aliphatic hydroxyl groups excluding tert-OH is 2. The van der Waals surface area contributed by atoms with Crippen molar-refractivity contribution >= 4 is 28.3 Å². The van der Waals surface area contributed by atoms with Crippen LogP contribution in [0.5, 0.6) is 0 Å². The molecule has 4 atom stereocenters. The molecule has 1 aliphatic rings. The lowest BCUT2D eigenvalue weighted by Gasteiger charge is -2.31. The monoisotopic (exact) mass is 575 g/mol. The lowest BCUT2D eigenvalue weighted by atomic mass is 9.84. The van der Waals surface area contributed by atoms with Crippen LogP contribution in [0.1, 0.15) is 50.7 Å². The minimum Gasteiger partial charge on any atom is -0.394 e. The molecule has 0 amide bonds. The maximum Gasteiger partial charge on any atom is 0.330 e. The molecule has 3 rings (SSSR count). The van der Waals surface area contributed by atoms with Gasteiger partial charge in [-0.1, -0.05) is 20.8 Å². The van der Waals surface area contributed by atoms with E-state index in [0.29, 0.717) is 9.13 Å². The summed E-state index contributed by atoms with van der Waals surface area (Å²) in [5.41, 5.74) is -1.51. The molecule has 11 nitrogen and oxygen atoms in total. The van der Waals surface area contributed by atoms with Gasteiger partial charge < -0.3 is 19.7 Å². The highest BCUT2D eigenvalue weighted by atomic mass is 127. The summed E-state index contributed by atoms with van der Waals surface area (Å²) in [5.74, 6) is 0. The first-order chi connectivity index (χ1) is 15.4. The summed E-state index contributed by atoms with van der Waals surface area (Å²) in [4.78, 5) is 38.1. The van der Waals surface area contributed by atoms with Crippen molar-refractivity contribution in [2.24, 2.45) is 5.41 Å². The topological polar surface area (TPSA) is 157 Å². The van der Waals surface area contributed by atoms with E-state index in [2.05, 4.69) is 4.98 Å². The first-order valence-corrected chi connectivity index (χ1v) is 11.3. The summed E-state index contributed by atoms with van der Waals surface area (Å²) in [5, 5.41) is 30.9. The number of rotatable bonds is 7. The zero-order valence-corrected chi connectivity index (χ0v) is 20.5. The third-order valence-corrected chi connectivity index (χ3v) is 6.07. The predicted molar refractivity (Wildman–Crippen MR) is 126 cm³/mol. The summed E-state index contributed by atoms with van der Waals surface area (Å²) in [7, 11) is 0. The highest BCUT2D eigenvalue weighted by molar-refractivity contribution is 14.1. The molecule has 1 aromatic carbocycles. The molecule has 2 heterocycles. The fourth-order valence-electron chi connectivity index (χ4n) is 3.77. The van der Waals surface area contributed by atoms with Crippen LogP contribution in [-0.2, 0) is 16.1 Å². The van der Waals surface area contributed by atoms with E-state index in [1.165, 1.54) is 12.3 Å².